The summed E-state index contributed by atoms with van der Waals surface area (Å²) in [6.07, 6.45) is 0. The lowest BCUT2D eigenvalue weighted by Crippen LogP contribution is -1.98. The Morgan fingerprint density at radius 3 is 2.80 bits per heavy atom. The Bertz CT molecular complexity index is 856. The number of hydrogen-bond donors (Lipinski definition) is 1. The summed E-state index contributed by atoms with van der Waals surface area (Å²) in [4.78, 5) is 3.19. The Labute approximate surface area is 134 Å². The molecule has 1 heterocycles. The fourth-order valence-corrected chi connectivity index (χ4v) is 3.00. The van der Waals surface area contributed by atoms with Gasteiger partial charge in [-0.05, 0) is 48.6 Å². The van der Waals surface area contributed by atoms with Crippen LogP contribution in [-0.4, -0.2) is 16.7 Å². The van der Waals surface area contributed by atoms with Crippen LogP contribution in [-0.2, 0) is 0 Å². The molecular weight excluding hydrogens is 360 g/mol. The second-order valence-corrected chi connectivity index (χ2v) is 5.98. The number of ether oxygens (including phenoxy) is 1. The van der Waals surface area contributed by atoms with Gasteiger partial charge in [-0.2, -0.15) is 0 Å². The van der Waals surface area contributed by atoms with Gasteiger partial charge in [0.15, 0.2) is 4.77 Å². The summed E-state index contributed by atoms with van der Waals surface area (Å²) in [5.41, 5.74) is 2.74. The molecule has 0 amide bonds. The molecule has 0 saturated heterocycles. The van der Waals surface area contributed by atoms with E-state index >= 15 is 0 Å². The highest BCUT2D eigenvalue weighted by Crippen LogP contribution is 2.30. The molecule has 0 aliphatic heterocycles. The predicted molar refractivity (Wildman–Crippen MR) is 87.7 cm³/mol. The van der Waals surface area contributed by atoms with Gasteiger partial charge in [0.25, 0.3) is 0 Å². The minimum Gasteiger partial charge on any atom is -0.495 e. The average Bonchev–Trinajstić information content (AvgIpc) is 2.73. The zero-order valence-electron chi connectivity index (χ0n) is 10.5. The van der Waals surface area contributed by atoms with Crippen molar-refractivity contribution in [3.63, 3.8) is 0 Å². The maximum atomic E-state index is 6.10. The standard InChI is InChI=1S/C14H10BrClN2OS/c1-19-13-5-3-9(16)7-12(13)18-11-4-2-8(15)6-10(11)17-14(18)20/h2-7H,1H3,(H,17,20). The van der Waals surface area contributed by atoms with E-state index in [0.29, 0.717) is 15.5 Å². The molecule has 0 spiro atoms. The summed E-state index contributed by atoms with van der Waals surface area (Å²) in [7, 11) is 1.63. The number of H-pyrrole nitrogens is 1. The molecule has 0 radical (unpaired) electrons. The highest BCUT2D eigenvalue weighted by molar-refractivity contribution is 9.10. The molecule has 1 N–H and O–H groups in total. The normalized spacial score (nSPS) is 10.9. The van der Waals surface area contributed by atoms with Crippen molar-refractivity contribution in [3.05, 3.63) is 50.7 Å². The molecule has 0 aliphatic rings. The highest BCUT2D eigenvalue weighted by Gasteiger charge is 2.12. The number of hydrogen-bond acceptors (Lipinski definition) is 2. The molecule has 0 fully saturated rings. The van der Waals surface area contributed by atoms with Gasteiger partial charge in [0.2, 0.25) is 0 Å². The molecule has 0 bridgehead atoms. The summed E-state index contributed by atoms with van der Waals surface area (Å²) >= 11 is 15.0. The molecular formula is C14H10BrClN2OS. The molecule has 0 aliphatic carbocycles. The van der Waals surface area contributed by atoms with Gasteiger partial charge in [0, 0.05) is 9.50 Å². The molecule has 0 unspecified atom stereocenters. The largest absolute Gasteiger partial charge is 0.495 e. The number of halogens is 2. The summed E-state index contributed by atoms with van der Waals surface area (Å²) in [6, 6.07) is 11.4. The van der Waals surface area contributed by atoms with Crippen molar-refractivity contribution in [2.45, 2.75) is 0 Å². The topological polar surface area (TPSA) is 29.9 Å². The fraction of sp³-hybridized carbons (Fsp3) is 0.0714. The third kappa shape index (κ3) is 2.26. The molecule has 1 aromatic heterocycles. The second kappa shape index (κ2) is 5.24. The van der Waals surface area contributed by atoms with Crippen molar-refractivity contribution in [2.75, 3.05) is 7.11 Å². The van der Waals surface area contributed by atoms with E-state index in [1.165, 1.54) is 0 Å². The van der Waals surface area contributed by atoms with Gasteiger partial charge >= 0.3 is 0 Å². The Hall–Kier alpha value is -1.30. The van der Waals surface area contributed by atoms with Crippen molar-refractivity contribution in [1.29, 1.82) is 0 Å². The molecule has 102 valence electrons. The summed E-state index contributed by atoms with van der Waals surface area (Å²) in [5.74, 6) is 0.717. The Morgan fingerprint density at radius 1 is 1.25 bits per heavy atom. The monoisotopic (exact) mass is 368 g/mol. The zero-order valence-corrected chi connectivity index (χ0v) is 13.6. The van der Waals surface area contributed by atoms with Crippen molar-refractivity contribution in [3.8, 4) is 11.4 Å². The highest BCUT2D eigenvalue weighted by atomic mass is 79.9. The molecule has 3 aromatic rings. The van der Waals surface area contributed by atoms with Gasteiger partial charge in [0.1, 0.15) is 5.75 Å². The van der Waals surface area contributed by atoms with E-state index < -0.39 is 0 Å². The van der Waals surface area contributed by atoms with E-state index in [1.54, 1.807) is 13.2 Å². The first-order chi connectivity index (χ1) is 9.60. The molecule has 0 atom stereocenters. The first-order valence-corrected chi connectivity index (χ1v) is 7.42. The number of aromatic amines is 1. The predicted octanol–water partition coefficient (Wildman–Crippen LogP) is 5.11. The Kier molecular flexibility index (Phi) is 3.58. The van der Waals surface area contributed by atoms with Gasteiger partial charge in [0.05, 0.1) is 23.8 Å². The van der Waals surface area contributed by atoms with Gasteiger partial charge in [-0.25, -0.2) is 0 Å². The minimum atomic E-state index is 0.596. The van der Waals surface area contributed by atoms with Gasteiger partial charge < -0.3 is 9.72 Å². The quantitative estimate of drug-likeness (QED) is 0.636. The zero-order chi connectivity index (χ0) is 14.3. The van der Waals surface area contributed by atoms with Crippen LogP contribution < -0.4 is 4.74 Å². The first-order valence-electron chi connectivity index (χ1n) is 5.84. The van der Waals surface area contributed by atoms with Crippen LogP contribution in [0.25, 0.3) is 16.7 Å². The summed E-state index contributed by atoms with van der Waals surface area (Å²) in [5, 5.41) is 0.633. The van der Waals surface area contributed by atoms with E-state index in [0.717, 1.165) is 21.2 Å². The van der Waals surface area contributed by atoms with Gasteiger partial charge in [-0.15, -0.1) is 0 Å². The van der Waals surface area contributed by atoms with Crippen LogP contribution in [0.3, 0.4) is 0 Å². The third-order valence-electron chi connectivity index (χ3n) is 3.03. The van der Waals surface area contributed by atoms with Gasteiger partial charge in [-0.3, -0.25) is 4.57 Å². The molecule has 3 rings (SSSR count). The van der Waals surface area contributed by atoms with Crippen LogP contribution in [0.5, 0.6) is 5.75 Å². The van der Waals surface area contributed by atoms with Crippen LogP contribution in [0.1, 0.15) is 0 Å². The van der Waals surface area contributed by atoms with Crippen LogP contribution in [0.4, 0.5) is 0 Å². The first kappa shape index (κ1) is 13.7. The molecule has 2 aromatic carbocycles. The van der Waals surface area contributed by atoms with E-state index in [-0.39, 0.29) is 0 Å². The van der Waals surface area contributed by atoms with Crippen molar-refractivity contribution in [1.82, 2.24) is 9.55 Å². The number of aromatic nitrogens is 2. The van der Waals surface area contributed by atoms with Crippen LogP contribution in [0, 0.1) is 4.77 Å². The lowest BCUT2D eigenvalue weighted by atomic mass is 10.2. The second-order valence-electron chi connectivity index (χ2n) is 4.24. The van der Waals surface area contributed by atoms with Gasteiger partial charge in [-0.1, -0.05) is 27.5 Å². The number of methoxy groups -OCH3 is 1. The van der Waals surface area contributed by atoms with E-state index in [4.69, 9.17) is 28.6 Å². The number of rotatable bonds is 2. The average molecular weight is 370 g/mol. The number of fused-ring (bicyclic) bond motifs is 1. The van der Waals surface area contributed by atoms with Crippen molar-refractivity contribution >= 4 is 50.8 Å². The van der Waals surface area contributed by atoms with Crippen LogP contribution >= 0.6 is 39.7 Å². The SMILES string of the molecule is COc1ccc(Cl)cc1-n1c(=S)[nH]c2cc(Br)ccc21. The summed E-state index contributed by atoms with van der Waals surface area (Å²) in [6.45, 7) is 0. The molecule has 0 saturated carbocycles. The maximum absolute atomic E-state index is 6.10. The molecule has 6 heteroatoms. The van der Waals surface area contributed by atoms with Crippen molar-refractivity contribution < 1.29 is 4.74 Å². The Morgan fingerprint density at radius 2 is 2.05 bits per heavy atom. The minimum absolute atomic E-state index is 0.596. The summed E-state index contributed by atoms with van der Waals surface area (Å²) < 4.78 is 8.91. The maximum Gasteiger partial charge on any atom is 0.182 e. The number of nitrogens with zero attached hydrogens (tertiary/aromatic N) is 1. The number of nitrogens with one attached hydrogen (secondary N) is 1. The lowest BCUT2D eigenvalue weighted by Gasteiger charge is -2.10. The smallest absolute Gasteiger partial charge is 0.182 e. The van der Waals surface area contributed by atoms with Crippen molar-refractivity contribution in [2.24, 2.45) is 0 Å². The van der Waals surface area contributed by atoms with Crippen LogP contribution in [0.15, 0.2) is 40.9 Å². The van der Waals surface area contributed by atoms with E-state index in [2.05, 4.69) is 20.9 Å². The number of imidazole rings is 1. The fourth-order valence-electron chi connectivity index (χ4n) is 2.16. The van der Waals surface area contributed by atoms with Crippen LogP contribution in [0.2, 0.25) is 5.02 Å². The van der Waals surface area contributed by atoms with E-state index in [9.17, 15) is 0 Å². The van der Waals surface area contributed by atoms with E-state index in [1.807, 2.05) is 34.9 Å². The molecule has 20 heavy (non-hydrogen) atoms. The Balaban J connectivity index is 2.37. The number of benzene rings is 2. The lowest BCUT2D eigenvalue weighted by molar-refractivity contribution is 0.413. The third-order valence-corrected chi connectivity index (χ3v) is 4.04. The molecule has 3 nitrogen and oxygen atoms in total.